The Balaban J connectivity index is 2.00. The van der Waals surface area contributed by atoms with E-state index in [2.05, 4.69) is 14.9 Å². The summed E-state index contributed by atoms with van der Waals surface area (Å²) in [6.07, 6.45) is 3.55. The molecule has 0 aromatic carbocycles. The zero-order chi connectivity index (χ0) is 14.0. The lowest BCUT2D eigenvalue weighted by atomic mass is 9.86. The zero-order valence-corrected chi connectivity index (χ0v) is 11.1. The van der Waals surface area contributed by atoms with Gasteiger partial charge < -0.3 is 11.5 Å². The predicted octanol–water partition coefficient (Wildman–Crippen LogP) is -0.686. The van der Waals surface area contributed by atoms with Crippen molar-refractivity contribution in [3.63, 3.8) is 0 Å². The molecule has 0 radical (unpaired) electrons. The Kier molecular flexibility index (Phi) is 3.76. The minimum absolute atomic E-state index is 0.0123. The number of carbonyl (C=O) groups excluding carboxylic acids is 1. The molecule has 1 aliphatic carbocycles. The number of aromatic nitrogens is 2. The SMILES string of the molecule is NC(=O)C1CCC(NS(=O)(=O)c2cn[nH]c2N)CC1. The normalized spacial score (nSPS) is 24.2. The summed E-state index contributed by atoms with van der Waals surface area (Å²) in [6.45, 7) is 0. The first-order valence-electron chi connectivity index (χ1n) is 6.00. The molecule has 2 rings (SSSR count). The van der Waals surface area contributed by atoms with Gasteiger partial charge in [-0.2, -0.15) is 5.10 Å². The Bertz CT molecular complexity index is 559. The molecule has 1 aromatic rings. The Morgan fingerprint density at radius 2 is 2.00 bits per heavy atom. The molecule has 0 bridgehead atoms. The van der Waals surface area contributed by atoms with Crippen LogP contribution in [0, 0.1) is 5.92 Å². The molecule has 19 heavy (non-hydrogen) atoms. The van der Waals surface area contributed by atoms with Gasteiger partial charge in [0.15, 0.2) is 0 Å². The van der Waals surface area contributed by atoms with Crippen LogP contribution in [-0.2, 0) is 14.8 Å². The van der Waals surface area contributed by atoms with E-state index in [4.69, 9.17) is 11.5 Å². The van der Waals surface area contributed by atoms with Crippen molar-refractivity contribution >= 4 is 21.7 Å². The molecule has 0 aliphatic heterocycles. The number of nitrogens with zero attached hydrogens (tertiary/aromatic N) is 1. The molecule has 0 unspecified atom stereocenters. The third kappa shape index (κ3) is 3.04. The van der Waals surface area contributed by atoms with Gasteiger partial charge in [0.25, 0.3) is 0 Å². The lowest BCUT2D eigenvalue weighted by molar-refractivity contribution is -0.122. The fraction of sp³-hybridized carbons (Fsp3) is 0.600. The second-order valence-corrected chi connectivity index (χ2v) is 6.40. The van der Waals surface area contributed by atoms with Gasteiger partial charge >= 0.3 is 0 Å². The highest BCUT2D eigenvalue weighted by Crippen LogP contribution is 2.25. The van der Waals surface area contributed by atoms with Gasteiger partial charge in [0.05, 0.1) is 6.20 Å². The molecule has 1 aliphatic rings. The van der Waals surface area contributed by atoms with E-state index in [0.717, 1.165) is 0 Å². The van der Waals surface area contributed by atoms with Crippen molar-refractivity contribution in [2.75, 3.05) is 5.73 Å². The van der Waals surface area contributed by atoms with Gasteiger partial charge in [-0.1, -0.05) is 0 Å². The minimum atomic E-state index is -3.67. The predicted molar refractivity (Wildman–Crippen MR) is 68.3 cm³/mol. The molecular weight excluding hydrogens is 270 g/mol. The van der Waals surface area contributed by atoms with E-state index in [1.807, 2.05) is 0 Å². The summed E-state index contributed by atoms with van der Waals surface area (Å²) < 4.78 is 26.7. The monoisotopic (exact) mass is 287 g/mol. The van der Waals surface area contributed by atoms with Crippen LogP contribution in [0.3, 0.4) is 0 Å². The number of primary amides is 1. The number of nitrogens with two attached hydrogens (primary N) is 2. The smallest absolute Gasteiger partial charge is 0.246 e. The van der Waals surface area contributed by atoms with E-state index >= 15 is 0 Å². The molecule has 8 nitrogen and oxygen atoms in total. The third-order valence-electron chi connectivity index (χ3n) is 3.37. The summed E-state index contributed by atoms with van der Waals surface area (Å²) in [5, 5.41) is 5.97. The molecule has 1 fully saturated rings. The van der Waals surface area contributed by atoms with Crippen LogP contribution in [0.2, 0.25) is 0 Å². The first-order valence-corrected chi connectivity index (χ1v) is 7.49. The lowest BCUT2D eigenvalue weighted by Crippen LogP contribution is -2.39. The molecule has 6 N–H and O–H groups in total. The fourth-order valence-corrected chi connectivity index (χ4v) is 3.61. The molecule has 1 amide bonds. The van der Waals surface area contributed by atoms with E-state index in [1.165, 1.54) is 6.20 Å². The zero-order valence-electron chi connectivity index (χ0n) is 10.3. The van der Waals surface area contributed by atoms with Crippen LogP contribution < -0.4 is 16.2 Å². The quantitative estimate of drug-likeness (QED) is 0.579. The third-order valence-corrected chi connectivity index (χ3v) is 4.92. The van der Waals surface area contributed by atoms with Crippen LogP contribution in [0.4, 0.5) is 5.82 Å². The number of hydrogen-bond acceptors (Lipinski definition) is 5. The number of amides is 1. The summed E-state index contributed by atoms with van der Waals surface area (Å²) in [5.74, 6) is -0.460. The van der Waals surface area contributed by atoms with Crippen LogP contribution in [-0.4, -0.2) is 30.6 Å². The highest BCUT2D eigenvalue weighted by molar-refractivity contribution is 7.89. The average molecular weight is 287 g/mol. The van der Waals surface area contributed by atoms with Crippen molar-refractivity contribution in [2.24, 2.45) is 11.7 Å². The van der Waals surface area contributed by atoms with Gasteiger partial charge in [0, 0.05) is 12.0 Å². The van der Waals surface area contributed by atoms with Crippen molar-refractivity contribution in [3.8, 4) is 0 Å². The van der Waals surface area contributed by atoms with Crippen molar-refractivity contribution < 1.29 is 13.2 Å². The molecule has 9 heteroatoms. The average Bonchev–Trinajstić information content (AvgIpc) is 2.76. The molecular formula is C10H17N5O3S. The summed E-state index contributed by atoms with van der Waals surface area (Å²) in [6, 6.07) is -0.199. The highest BCUT2D eigenvalue weighted by Gasteiger charge is 2.29. The Morgan fingerprint density at radius 3 is 2.47 bits per heavy atom. The summed E-state index contributed by atoms with van der Waals surface area (Å²) in [7, 11) is -3.67. The van der Waals surface area contributed by atoms with Gasteiger partial charge in [0.2, 0.25) is 15.9 Å². The number of aromatic amines is 1. The Hall–Kier alpha value is -1.61. The maximum atomic E-state index is 12.1. The number of anilines is 1. The Labute approximate surface area is 111 Å². The van der Waals surface area contributed by atoms with Crippen LogP contribution in [0.5, 0.6) is 0 Å². The van der Waals surface area contributed by atoms with Gasteiger partial charge in [-0.05, 0) is 25.7 Å². The topological polar surface area (TPSA) is 144 Å². The number of sulfonamides is 1. The van der Waals surface area contributed by atoms with Crippen molar-refractivity contribution in [3.05, 3.63) is 6.20 Å². The Morgan fingerprint density at radius 1 is 1.37 bits per heavy atom. The van der Waals surface area contributed by atoms with E-state index in [1.54, 1.807) is 0 Å². The van der Waals surface area contributed by atoms with E-state index in [0.29, 0.717) is 25.7 Å². The number of nitrogens with one attached hydrogen (secondary N) is 2. The number of carbonyl (C=O) groups is 1. The molecule has 1 heterocycles. The molecule has 106 valence electrons. The minimum Gasteiger partial charge on any atom is -0.383 e. The van der Waals surface area contributed by atoms with Crippen molar-refractivity contribution in [1.82, 2.24) is 14.9 Å². The largest absolute Gasteiger partial charge is 0.383 e. The van der Waals surface area contributed by atoms with Gasteiger partial charge in [0.1, 0.15) is 10.7 Å². The standard InChI is InChI=1S/C10H17N5O3S/c11-9-8(5-13-14-9)19(17,18)15-7-3-1-6(2-4-7)10(12)16/h5-7,15H,1-4H2,(H2,12,16)(H3,11,13,14). The highest BCUT2D eigenvalue weighted by atomic mass is 32.2. The number of hydrogen-bond donors (Lipinski definition) is 4. The molecule has 1 aromatic heterocycles. The van der Waals surface area contributed by atoms with Gasteiger partial charge in [-0.3, -0.25) is 9.89 Å². The van der Waals surface area contributed by atoms with E-state index in [9.17, 15) is 13.2 Å². The first-order chi connectivity index (χ1) is 8.90. The molecule has 0 spiro atoms. The van der Waals surface area contributed by atoms with Crippen molar-refractivity contribution in [1.29, 1.82) is 0 Å². The second-order valence-electron chi connectivity index (χ2n) is 4.72. The maximum absolute atomic E-state index is 12.1. The second kappa shape index (κ2) is 5.17. The number of nitrogen functional groups attached to an aromatic ring is 1. The van der Waals surface area contributed by atoms with Crippen LogP contribution in [0.15, 0.2) is 11.1 Å². The van der Waals surface area contributed by atoms with Crippen LogP contribution in [0.1, 0.15) is 25.7 Å². The van der Waals surface area contributed by atoms with Crippen LogP contribution >= 0.6 is 0 Å². The summed E-state index contributed by atoms with van der Waals surface area (Å²) in [5.41, 5.74) is 10.7. The van der Waals surface area contributed by atoms with Gasteiger partial charge in [-0.25, -0.2) is 13.1 Å². The van der Waals surface area contributed by atoms with Gasteiger partial charge in [-0.15, -0.1) is 0 Å². The number of rotatable bonds is 4. The summed E-state index contributed by atoms with van der Waals surface area (Å²) >= 11 is 0. The van der Waals surface area contributed by atoms with E-state index < -0.39 is 10.0 Å². The molecule has 0 saturated heterocycles. The lowest BCUT2D eigenvalue weighted by Gasteiger charge is -2.26. The molecule has 1 saturated carbocycles. The van der Waals surface area contributed by atoms with E-state index in [-0.39, 0.29) is 28.6 Å². The maximum Gasteiger partial charge on any atom is 0.246 e. The number of H-pyrrole nitrogens is 1. The fourth-order valence-electron chi connectivity index (χ4n) is 2.28. The summed E-state index contributed by atoms with van der Waals surface area (Å²) in [4.78, 5) is 11.0. The first kappa shape index (κ1) is 13.8. The van der Waals surface area contributed by atoms with Crippen LogP contribution in [0.25, 0.3) is 0 Å². The van der Waals surface area contributed by atoms with Crippen molar-refractivity contribution in [2.45, 2.75) is 36.6 Å². The molecule has 0 atom stereocenters.